The third kappa shape index (κ3) is 3.12. The molecule has 1 atom stereocenters. The van der Waals surface area contributed by atoms with Crippen molar-refractivity contribution in [1.29, 1.82) is 0 Å². The molecule has 0 saturated carbocycles. The summed E-state index contributed by atoms with van der Waals surface area (Å²) < 4.78 is 4.93. The highest BCUT2D eigenvalue weighted by atomic mass is 32.1. The Labute approximate surface area is 95.4 Å². The van der Waals surface area contributed by atoms with Crippen molar-refractivity contribution in [3.8, 4) is 0 Å². The SMILES string of the molecule is CCOC(=O)[C@@H]1CCCN1C(=O)CCS. The normalized spacial score (nSPS) is 20.4. The van der Waals surface area contributed by atoms with Crippen molar-refractivity contribution >= 4 is 24.5 Å². The highest BCUT2D eigenvalue weighted by molar-refractivity contribution is 7.80. The molecule has 15 heavy (non-hydrogen) atoms. The van der Waals surface area contributed by atoms with E-state index in [2.05, 4.69) is 12.6 Å². The zero-order valence-electron chi connectivity index (χ0n) is 8.94. The smallest absolute Gasteiger partial charge is 0.328 e. The predicted molar refractivity (Wildman–Crippen MR) is 59.8 cm³/mol. The van der Waals surface area contributed by atoms with Crippen molar-refractivity contribution in [2.45, 2.75) is 32.2 Å². The summed E-state index contributed by atoms with van der Waals surface area (Å²) in [5, 5.41) is 0. The largest absolute Gasteiger partial charge is 0.464 e. The van der Waals surface area contributed by atoms with Crippen molar-refractivity contribution in [2.75, 3.05) is 18.9 Å². The molecule has 0 aromatic carbocycles. The Kier molecular flexibility index (Phi) is 4.94. The number of esters is 1. The summed E-state index contributed by atoms with van der Waals surface area (Å²) in [6.07, 6.45) is 1.98. The van der Waals surface area contributed by atoms with E-state index < -0.39 is 0 Å². The van der Waals surface area contributed by atoms with Crippen LogP contribution in [0.2, 0.25) is 0 Å². The lowest BCUT2D eigenvalue weighted by molar-refractivity contribution is -0.152. The van der Waals surface area contributed by atoms with Crippen LogP contribution in [-0.2, 0) is 14.3 Å². The molecule has 1 amide bonds. The van der Waals surface area contributed by atoms with Crippen LogP contribution in [0.5, 0.6) is 0 Å². The number of thiol groups is 1. The number of amides is 1. The minimum atomic E-state index is -0.364. The number of carbonyl (C=O) groups is 2. The Bertz CT molecular complexity index is 221. The molecule has 0 unspecified atom stereocenters. The van der Waals surface area contributed by atoms with E-state index in [1.54, 1.807) is 11.8 Å². The number of rotatable bonds is 4. The molecule has 5 heteroatoms. The van der Waals surface area contributed by atoms with Crippen LogP contribution in [0.4, 0.5) is 0 Å². The molecule has 1 fully saturated rings. The molecule has 0 spiro atoms. The minimum Gasteiger partial charge on any atom is -0.464 e. The molecule has 0 aromatic rings. The topological polar surface area (TPSA) is 46.6 Å². The molecule has 0 bridgehead atoms. The van der Waals surface area contributed by atoms with Gasteiger partial charge in [-0.25, -0.2) is 4.79 Å². The third-order valence-electron chi connectivity index (χ3n) is 2.46. The maximum Gasteiger partial charge on any atom is 0.328 e. The molecule has 1 aliphatic heterocycles. The molecule has 1 heterocycles. The van der Waals surface area contributed by atoms with Gasteiger partial charge in [0.05, 0.1) is 6.61 Å². The number of nitrogens with zero attached hydrogens (tertiary/aromatic N) is 1. The predicted octanol–water partition coefficient (Wildman–Crippen LogP) is 0.860. The van der Waals surface area contributed by atoms with Gasteiger partial charge < -0.3 is 9.64 Å². The summed E-state index contributed by atoms with van der Waals surface area (Å²) in [5.74, 6) is 0.244. The second-order valence-electron chi connectivity index (χ2n) is 3.47. The Hall–Kier alpha value is -0.710. The monoisotopic (exact) mass is 231 g/mol. The molecular weight excluding hydrogens is 214 g/mol. The van der Waals surface area contributed by atoms with Crippen LogP contribution in [0.25, 0.3) is 0 Å². The van der Waals surface area contributed by atoms with E-state index in [4.69, 9.17) is 4.74 Å². The van der Waals surface area contributed by atoms with Gasteiger partial charge in [0.25, 0.3) is 0 Å². The van der Waals surface area contributed by atoms with Gasteiger partial charge in [-0.1, -0.05) is 0 Å². The third-order valence-corrected chi connectivity index (χ3v) is 2.68. The second kappa shape index (κ2) is 6.00. The first-order valence-corrected chi connectivity index (χ1v) is 5.91. The first-order chi connectivity index (χ1) is 7.20. The van der Waals surface area contributed by atoms with Crippen molar-refractivity contribution in [1.82, 2.24) is 4.90 Å². The van der Waals surface area contributed by atoms with Crippen LogP contribution in [-0.4, -0.2) is 41.7 Å². The van der Waals surface area contributed by atoms with Crippen LogP contribution in [0.3, 0.4) is 0 Å². The Morgan fingerprint density at radius 3 is 2.87 bits per heavy atom. The fourth-order valence-corrected chi connectivity index (χ4v) is 1.98. The number of likely N-dealkylation sites (tertiary alicyclic amines) is 1. The summed E-state index contributed by atoms with van der Waals surface area (Å²) in [6.45, 7) is 2.80. The van der Waals surface area contributed by atoms with Crippen LogP contribution in [0.1, 0.15) is 26.2 Å². The van der Waals surface area contributed by atoms with E-state index in [0.717, 1.165) is 12.8 Å². The maximum absolute atomic E-state index is 11.6. The zero-order chi connectivity index (χ0) is 11.3. The van der Waals surface area contributed by atoms with Gasteiger partial charge in [0.1, 0.15) is 6.04 Å². The quantitative estimate of drug-likeness (QED) is 0.576. The lowest BCUT2D eigenvalue weighted by Crippen LogP contribution is -2.41. The summed E-state index contributed by atoms with van der Waals surface area (Å²) >= 11 is 4.01. The lowest BCUT2D eigenvalue weighted by Gasteiger charge is -2.22. The molecule has 0 N–H and O–H groups in total. The Balaban J connectivity index is 2.56. The molecular formula is C10H17NO3S. The van der Waals surface area contributed by atoms with Gasteiger partial charge in [0.2, 0.25) is 5.91 Å². The first kappa shape index (κ1) is 12.4. The van der Waals surface area contributed by atoms with Crippen LogP contribution in [0.15, 0.2) is 0 Å². The van der Waals surface area contributed by atoms with E-state index in [1.807, 2.05) is 0 Å². The van der Waals surface area contributed by atoms with Gasteiger partial charge in [-0.2, -0.15) is 12.6 Å². The number of hydrogen-bond acceptors (Lipinski definition) is 4. The highest BCUT2D eigenvalue weighted by Crippen LogP contribution is 2.19. The average molecular weight is 231 g/mol. The number of hydrogen-bond donors (Lipinski definition) is 1. The van der Waals surface area contributed by atoms with E-state index in [1.165, 1.54) is 0 Å². The summed E-state index contributed by atoms with van der Waals surface area (Å²) in [5.41, 5.74) is 0. The van der Waals surface area contributed by atoms with Crippen LogP contribution < -0.4 is 0 Å². The van der Waals surface area contributed by atoms with Crippen molar-refractivity contribution in [3.05, 3.63) is 0 Å². The number of carbonyl (C=O) groups excluding carboxylic acids is 2. The van der Waals surface area contributed by atoms with Crippen LogP contribution in [0, 0.1) is 0 Å². The first-order valence-electron chi connectivity index (χ1n) is 5.27. The van der Waals surface area contributed by atoms with Crippen LogP contribution >= 0.6 is 12.6 Å². The molecule has 1 aliphatic rings. The summed E-state index contributed by atoms with van der Waals surface area (Å²) in [6, 6.07) is -0.364. The van der Waals surface area contributed by atoms with Gasteiger partial charge in [-0.05, 0) is 25.5 Å². The molecule has 1 rings (SSSR count). The zero-order valence-corrected chi connectivity index (χ0v) is 9.83. The standard InChI is InChI=1S/C10H17NO3S/c1-2-14-10(13)8-4-3-6-11(8)9(12)5-7-15/h8,15H,2-7H2,1H3/t8-/m0/s1. The highest BCUT2D eigenvalue weighted by Gasteiger charge is 2.34. The Morgan fingerprint density at radius 2 is 2.27 bits per heavy atom. The van der Waals surface area contributed by atoms with Crippen molar-refractivity contribution in [3.63, 3.8) is 0 Å². The molecule has 1 saturated heterocycles. The number of ether oxygens (including phenoxy) is 1. The molecule has 4 nitrogen and oxygen atoms in total. The molecule has 86 valence electrons. The maximum atomic E-state index is 11.6. The fraction of sp³-hybridized carbons (Fsp3) is 0.800. The van der Waals surface area contributed by atoms with E-state index in [-0.39, 0.29) is 17.9 Å². The molecule has 0 aromatic heterocycles. The van der Waals surface area contributed by atoms with E-state index >= 15 is 0 Å². The minimum absolute atomic E-state index is 0.000512. The van der Waals surface area contributed by atoms with Gasteiger partial charge in [0, 0.05) is 13.0 Å². The van der Waals surface area contributed by atoms with E-state index in [0.29, 0.717) is 25.3 Å². The van der Waals surface area contributed by atoms with Crippen molar-refractivity contribution < 1.29 is 14.3 Å². The summed E-state index contributed by atoms with van der Waals surface area (Å²) in [4.78, 5) is 24.8. The summed E-state index contributed by atoms with van der Waals surface area (Å²) in [7, 11) is 0. The van der Waals surface area contributed by atoms with Gasteiger partial charge in [0.15, 0.2) is 0 Å². The molecule has 0 aliphatic carbocycles. The average Bonchev–Trinajstić information content (AvgIpc) is 2.66. The van der Waals surface area contributed by atoms with Gasteiger partial charge in [-0.15, -0.1) is 0 Å². The van der Waals surface area contributed by atoms with Crippen molar-refractivity contribution in [2.24, 2.45) is 0 Å². The molecule has 0 radical (unpaired) electrons. The van der Waals surface area contributed by atoms with Gasteiger partial charge in [-0.3, -0.25) is 4.79 Å². The van der Waals surface area contributed by atoms with E-state index in [9.17, 15) is 9.59 Å². The lowest BCUT2D eigenvalue weighted by atomic mass is 10.2. The van der Waals surface area contributed by atoms with Gasteiger partial charge >= 0.3 is 5.97 Å². The Morgan fingerprint density at radius 1 is 1.53 bits per heavy atom. The fourth-order valence-electron chi connectivity index (χ4n) is 1.79. The second-order valence-corrected chi connectivity index (χ2v) is 3.92.